The van der Waals surface area contributed by atoms with Gasteiger partial charge in [-0.15, -0.1) is 0 Å². The number of nitrogens with two attached hydrogens (primary N) is 1. The second kappa shape index (κ2) is 11.2. The highest BCUT2D eigenvalue weighted by atomic mass is 35.5. The van der Waals surface area contributed by atoms with Crippen molar-refractivity contribution in [3.8, 4) is 0 Å². The number of halogens is 3. The van der Waals surface area contributed by atoms with E-state index in [1.165, 1.54) is 12.1 Å². The molecule has 0 spiro atoms. The molecule has 1 aliphatic heterocycles. The summed E-state index contributed by atoms with van der Waals surface area (Å²) in [5.74, 6) is 0. The molecule has 0 fully saturated rings. The average Bonchev–Trinajstić information content (AvgIpc) is 3.29. The molecule has 10 heteroatoms. The van der Waals surface area contributed by atoms with Gasteiger partial charge in [-0.3, -0.25) is 0 Å². The van der Waals surface area contributed by atoms with Gasteiger partial charge in [0.25, 0.3) is 0 Å². The first-order valence-electron chi connectivity index (χ1n) is 10.7. The van der Waals surface area contributed by atoms with Crippen molar-refractivity contribution in [3.63, 3.8) is 0 Å². The first kappa shape index (κ1) is 25.8. The first-order valence-corrected chi connectivity index (χ1v) is 13.5. The van der Waals surface area contributed by atoms with Crippen molar-refractivity contribution in [1.82, 2.24) is 9.80 Å². The molecule has 0 amide bonds. The highest BCUT2D eigenvalue weighted by Gasteiger charge is 2.29. The van der Waals surface area contributed by atoms with Crippen LogP contribution in [0.4, 0.5) is 0 Å². The van der Waals surface area contributed by atoms with Gasteiger partial charge in [-0.05, 0) is 53.1 Å². The molecule has 0 saturated heterocycles. The Kier molecular flexibility index (Phi) is 8.27. The summed E-state index contributed by atoms with van der Waals surface area (Å²) in [7, 11) is -3.72. The standard InChI is InChI=1S/C25H24Cl3N3O3S/c26-21-7-1-19(2-8-21)16-34-24(20-5-9-22(27)10-6-20)25(28)31-14-13-30(17-31)15-18-3-11-23(12-4-18)35(29,32)33/h1-14,24-25H,15-17H2,(H2,29,32,33). The molecular formula is C25H24Cl3N3O3S. The van der Waals surface area contributed by atoms with Crippen molar-refractivity contribution in [2.75, 3.05) is 6.67 Å². The van der Waals surface area contributed by atoms with Crippen LogP contribution in [0.3, 0.4) is 0 Å². The van der Waals surface area contributed by atoms with Crippen molar-refractivity contribution in [2.45, 2.75) is 29.7 Å². The van der Waals surface area contributed by atoms with Gasteiger partial charge in [0, 0.05) is 29.0 Å². The smallest absolute Gasteiger partial charge is 0.238 e. The molecule has 0 radical (unpaired) electrons. The van der Waals surface area contributed by atoms with E-state index >= 15 is 0 Å². The molecule has 0 bridgehead atoms. The number of hydrogen-bond donors (Lipinski definition) is 1. The van der Waals surface area contributed by atoms with Gasteiger partial charge in [0.1, 0.15) is 11.6 Å². The molecule has 3 aromatic carbocycles. The average molecular weight is 553 g/mol. The number of hydrogen-bond acceptors (Lipinski definition) is 5. The summed E-state index contributed by atoms with van der Waals surface area (Å²) in [5.41, 5.74) is 2.35. The molecule has 0 aromatic heterocycles. The molecule has 3 aromatic rings. The van der Waals surface area contributed by atoms with Gasteiger partial charge in [0.15, 0.2) is 0 Å². The Labute approximate surface area is 220 Å². The Morgan fingerprint density at radius 3 is 2.03 bits per heavy atom. The SMILES string of the molecule is NS(=O)(=O)c1ccc(CN2C=CN(C(Cl)C(OCc3ccc(Cl)cc3)c3ccc(Cl)cc3)C2)cc1. The lowest BCUT2D eigenvalue weighted by Crippen LogP contribution is -2.35. The van der Waals surface area contributed by atoms with Crippen LogP contribution in [0.15, 0.2) is 90.1 Å². The number of nitrogens with zero attached hydrogens (tertiary/aromatic N) is 2. The highest BCUT2D eigenvalue weighted by molar-refractivity contribution is 7.89. The topological polar surface area (TPSA) is 75.9 Å². The van der Waals surface area contributed by atoms with Crippen LogP contribution >= 0.6 is 34.8 Å². The van der Waals surface area contributed by atoms with E-state index in [1.807, 2.05) is 65.8 Å². The van der Waals surface area contributed by atoms with E-state index < -0.39 is 21.6 Å². The highest BCUT2D eigenvalue weighted by Crippen LogP contribution is 2.32. The summed E-state index contributed by atoms with van der Waals surface area (Å²) in [6.07, 6.45) is 3.44. The molecule has 0 aliphatic carbocycles. The first-order chi connectivity index (χ1) is 16.7. The summed E-state index contributed by atoms with van der Waals surface area (Å²) in [5, 5.41) is 6.48. The van der Waals surface area contributed by atoms with Crippen molar-refractivity contribution in [2.24, 2.45) is 5.14 Å². The van der Waals surface area contributed by atoms with Gasteiger partial charge in [0.05, 0.1) is 18.2 Å². The molecule has 0 saturated carbocycles. The van der Waals surface area contributed by atoms with Gasteiger partial charge in [-0.25, -0.2) is 13.6 Å². The van der Waals surface area contributed by atoms with Crippen LogP contribution in [0.1, 0.15) is 22.8 Å². The lowest BCUT2D eigenvalue weighted by Gasteiger charge is -2.31. The van der Waals surface area contributed by atoms with Crippen molar-refractivity contribution in [3.05, 3.63) is 112 Å². The lowest BCUT2D eigenvalue weighted by atomic mass is 10.1. The molecule has 1 aliphatic rings. The Morgan fingerprint density at radius 2 is 1.43 bits per heavy atom. The normalized spacial score (nSPS) is 15.4. The molecule has 35 heavy (non-hydrogen) atoms. The maximum absolute atomic E-state index is 11.5. The minimum Gasteiger partial charge on any atom is -0.365 e. The lowest BCUT2D eigenvalue weighted by molar-refractivity contribution is 0.00655. The second-order valence-corrected chi connectivity index (χ2v) is 11.1. The molecule has 2 atom stereocenters. The van der Waals surface area contributed by atoms with Crippen LogP contribution in [0.25, 0.3) is 0 Å². The fourth-order valence-electron chi connectivity index (χ4n) is 3.69. The van der Waals surface area contributed by atoms with E-state index in [2.05, 4.69) is 4.90 Å². The molecule has 2 N–H and O–H groups in total. The Hall–Kier alpha value is -2.26. The van der Waals surface area contributed by atoms with Crippen LogP contribution in [0, 0.1) is 0 Å². The van der Waals surface area contributed by atoms with E-state index in [0.29, 0.717) is 29.9 Å². The van der Waals surface area contributed by atoms with Crippen LogP contribution in [0.2, 0.25) is 10.0 Å². The van der Waals surface area contributed by atoms with Crippen LogP contribution in [0.5, 0.6) is 0 Å². The van der Waals surface area contributed by atoms with E-state index in [0.717, 1.165) is 16.7 Å². The Morgan fingerprint density at radius 1 is 0.857 bits per heavy atom. The quantitative estimate of drug-likeness (QED) is 0.272. The van der Waals surface area contributed by atoms with Crippen LogP contribution in [-0.2, 0) is 27.9 Å². The van der Waals surface area contributed by atoms with E-state index in [-0.39, 0.29) is 4.90 Å². The number of sulfonamides is 1. The summed E-state index contributed by atoms with van der Waals surface area (Å²) >= 11 is 19.0. The minimum atomic E-state index is -3.72. The van der Waals surface area contributed by atoms with E-state index in [1.54, 1.807) is 12.1 Å². The zero-order valence-corrected chi connectivity index (χ0v) is 21.7. The third-order valence-corrected chi connectivity index (χ3v) is 7.47. The summed E-state index contributed by atoms with van der Waals surface area (Å²) in [4.78, 5) is 4.14. The fraction of sp³-hybridized carbons (Fsp3) is 0.200. The second-order valence-electron chi connectivity index (χ2n) is 8.17. The van der Waals surface area contributed by atoms with Gasteiger partial charge in [0.2, 0.25) is 10.0 Å². The van der Waals surface area contributed by atoms with E-state index in [9.17, 15) is 8.42 Å². The number of benzene rings is 3. The van der Waals surface area contributed by atoms with E-state index in [4.69, 9.17) is 44.7 Å². The van der Waals surface area contributed by atoms with Crippen molar-refractivity contribution in [1.29, 1.82) is 0 Å². The molecule has 184 valence electrons. The zero-order valence-electron chi connectivity index (χ0n) is 18.6. The molecular weight excluding hydrogens is 529 g/mol. The zero-order chi connectivity index (χ0) is 25.0. The summed E-state index contributed by atoms with van der Waals surface area (Å²) < 4.78 is 29.2. The fourth-order valence-corrected chi connectivity index (χ4v) is 4.81. The minimum absolute atomic E-state index is 0.0873. The largest absolute Gasteiger partial charge is 0.365 e. The van der Waals surface area contributed by atoms with Gasteiger partial charge in [-0.2, -0.15) is 0 Å². The van der Waals surface area contributed by atoms with Gasteiger partial charge in [-0.1, -0.05) is 71.2 Å². The van der Waals surface area contributed by atoms with Gasteiger partial charge >= 0.3 is 0 Å². The molecule has 1 heterocycles. The molecule has 6 nitrogen and oxygen atoms in total. The maximum atomic E-state index is 11.5. The predicted octanol–water partition coefficient (Wildman–Crippen LogP) is 5.71. The van der Waals surface area contributed by atoms with Crippen LogP contribution in [-0.4, -0.2) is 30.4 Å². The van der Waals surface area contributed by atoms with Crippen molar-refractivity contribution >= 4 is 44.8 Å². The Balaban J connectivity index is 1.43. The van der Waals surface area contributed by atoms with Crippen LogP contribution < -0.4 is 5.14 Å². The van der Waals surface area contributed by atoms with Crippen molar-refractivity contribution < 1.29 is 13.2 Å². The summed E-state index contributed by atoms with van der Waals surface area (Å²) in [6.45, 7) is 1.49. The molecule has 4 rings (SSSR count). The monoisotopic (exact) mass is 551 g/mol. The third kappa shape index (κ3) is 6.91. The number of alkyl halides is 1. The number of rotatable bonds is 9. The maximum Gasteiger partial charge on any atom is 0.238 e. The summed E-state index contributed by atoms with van der Waals surface area (Å²) in [6, 6.07) is 21.5. The Bertz CT molecular complexity index is 1270. The number of primary sulfonamides is 1. The number of ether oxygens (including phenoxy) is 1. The third-order valence-electron chi connectivity index (χ3n) is 5.56. The van der Waals surface area contributed by atoms with Gasteiger partial charge < -0.3 is 14.5 Å². The molecule has 2 unspecified atom stereocenters. The predicted molar refractivity (Wildman–Crippen MR) is 139 cm³/mol.